The van der Waals surface area contributed by atoms with Crippen molar-refractivity contribution in [1.82, 2.24) is 19.6 Å². The van der Waals surface area contributed by atoms with Gasteiger partial charge in [-0.3, -0.25) is 9.59 Å². The zero-order valence-electron chi connectivity index (χ0n) is 18.2. The third-order valence-electron chi connectivity index (χ3n) is 6.56. The van der Waals surface area contributed by atoms with E-state index in [-0.39, 0.29) is 17.9 Å². The number of aryl methyl sites for hydroxylation is 1. The van der Waals surface area contributed by atoms with Crippen LogP contribution < -0.4 is 5.56 Å². The molecular weight excluding hydrogens is 376 g/mol. The number of hydrogen-bond acceptors (Lipinski definition) is 4. The molecule has 2 aliphatic heterocycles. The monoisotopic (exact) mass is 410 g/mol. The molecule has 6 nitrogen and oxygen atoms in total. The van der Waals surface area contributed by atoms with E-state index in [2.05, 4.69) is 14.9 Å². The van der Waals surface area contributed by atoms with Crippen LogP contribution in [0.15, 0.2) is 29.1 Å². The van der Waals surface area contributed by atoms with Crippen LogP contribution in [0.2, 0.25) is 0 Å². The van der Waals surface area contributed by atoms with Crippen LogP contribution in [0.3, 0.4) is 0 Å². The third-order valence-corrected chi connectivity index (χ3v) is 6.56. The van der Waals surface area contributed by atoms with Gasteiger partial charge in [0.25, 0.3) is 5.56 Å². The number of aromatic nitrogens is 2. The van der Waals surface area contributed by atoms with Crippen molar-refractivity contribution in [3.05, 3.63) is 40.3 Å². The molecule has 1 atom stereocenters. The number of nitrogens with zero attached hydrogens (tertiary/aromatic N) is 4. The summed E-state index contributed by atoms with van der Waals surface area (Å²) in [6, 6.07) is 7.87. The highest BCUT2D eigenvalue weighted by atomic mass is 16.2. The summed E-state index contributed by atoms with van der Waals surface area (Å²) in [4.78, 5) is 30.8. The number of piperidine rings is 2. The fourth-order valence-electron chi connectivity index (χ4n) is 5.00. The van der Waals surface area contributed by atoms with Gasteiger partial charge in [0.15, 0.2) is 0 Å². The molecule has 6 heteroatoms. The summed E-state index contributed by atoms with van der Waals surface area (Å²) >= 11 is 0. The Hall–Kier alpha value is -2.21. The molecular formula is C24H34N4O2. The quantitative estimate of drug-likeness (QED) is 0.734. The largest absolute Gasteiger partial charge is 0.338 e. The molecule has 0 saturated carbocycles. The number of hydrogen-bond donors (Lipinski definition) is 0. The van der Waals surface area contributed by atoms with E-state index in [4.69, 9.17) is 0 Å². The predicted molar refractivity (Wildman–Crippen MR) is 120 cm³/mol. The van der Waals surface area contributed by atoms with Gasteiger partial charge < -0.3 is 9.80 Å². The van der Waals surface area contributed by atoms with Crippen molar-refractivity contribution < 1.29 is 4.79 Å². The maximum Gasteiger partial charge on any atom is 0.274 e. The van der Waals surface area contributed by atoms with E-state index in [1.807, 2.05) is 31.2 Å². The fraction of sp³-hybridized carbons (Fsp3) is 0.625. The summed E-state index contributed by atoms with van der Waals surface area (Å²) in [5.74, 6) is 0.149. The molecule has 0 bridgehead atoms. The Kier molecular flexibility index (Phi) is 6.82. The SMILES string of the molecule is CCCn1nc(CC(=O)N2CCCC[C@@H]2CN2CCCCC2)c2ccccc2c1=O. The lowest BCUT2D eigenvalue weighted by Crippen LogP contribution is -2.50. The number of benzene rings is 1. The second-order valence-corrected chi connectivity index (χ2v) is 8.80. The second kappa shape index (κ2) is 9.73. The molecule has 2 aromatic rings. The number of likely N-dealkylation sites (tertiary alicyclic amines) is 2. The highest BCUT2D eigenvalue weighted by Gasteiger charge is 2.29. The van der Waals surface area contributed by atoms with Gasteiger partial charge in [-0.1, -0.05) is 31.5 Å². The van der Waals surface area contributed by atoms with Gasteiger partial charge in [0.2, 0.25) is 5.91 Å². The first-order chi connectivity index (χ1) is 14.7. The normalized spacial score (nSPS) is 20.6. The highest BCUT2D eigenvalue weighted by molar-refractivity contribution is 5.88. The minimum atomic E-state index is -0.0652. The molecule has 0 unspecified atom stereocenters. The Labute approximate surface area is 178 Å². The smallest absolute Gasteiger partial charge is 0.274 e. The van der Waals surface area contributed by atoms with Crippen molar-refractivity contribution in [2.45, 2.75) is 70.9 Å². The van der Waals surface area contributed by atoms with E-state index in [9.17, 15) is 9.59 Å². The van der Waals surface area contributed by atoms with Crippen LogP contribution in [0, 0.1) is 0 Å². The molecule has 0 spiro atoms. The Bertz CT molecular complexity index is 932. The molecule has 162 valence electrons. The summed E-state index contributed by atoms with van der Waals surface area (Å²) in [6.07, 6.45) is 8.34. The van der Waals surface area contributed by atoms with Crippen molar-refractivity contribution in [1.29, 1.82) is 0 Å². The van der Waals surface area contributed by atoms with Gasteiger partial charge in [0, 0.05) is 31.1 Å². The molecule has 1 amide bonds. The van der Waals surface area contributed by atoms with Gasteiger partial charge in [-0.05, 0) is 57.7 Å². The van der Waals surface area contributed by atoms with Crippen LogP contribution in [-0.2, 0) is 17.8 Å². The van der Waals surface area contributed by atoms with Crippen LogP contribution in [0.5, 0.6) is 0 Å². The average molecular weight is 411 g/mol. The molecule has 1 aromatic carbocycles. The first-order valence-corrected chi connectivity index (χ1v) is 11.7. The van der Waals surface area contributed by atoms with Crippen LogP contribution in [0.4, 0.5) is 0 Å². The number of rotatable bonds is 6. The highest BCUT2D eigenvalue weighted by Crippen LogP contribution is 2.22. The Morgan fingerprint density at radius 1 is 1.03 bits per heavy atom. The number of fused-ring (bicyclic) bond motifs is 1. The molecule has 2 saturated heterocycles. The zero-order valence-corrected chi connectivity index (χ0v) is 18.2. The predicted octanol–water partition coefficient (Wildman–Crippen LogP) is 3.22. The van der Waals surface area contributed by atoms with Gasteiger partial charge in [-0.15, -0.1) is 0 Å². The van der Waals surface area contributed by atoms with Crippen LogP contribution in [-0.4, -0.2) is 57.7 Å². The van der Waals surface area contributed by atoms with Crippen molar-refractivity contribution in [3.8, 4) is 0 Å². The van der Waals surface area contributed by atoms with Gasteiger partial charge in [-0.25, -0.2) is 4.68 Å². The average Bonchev–Trinajstić information content (AvgIpc) is 2.78. The minimum absolute atomic E-state index is 0.0652. The lowest BCUT2D eigenvalue weighted by molar-refractivity contribution is -0.134. The summed E-state index contributed by atoms with van der Waals surface area (Å²) < 4.78 is 1.53. The number of carbonyl (C=O) groups excluding carboxylic acids is 1. The maximum atomic E-state index is 13.4. The minimum Gasteiger partial charge on any atom is -0.338 e. The molecule has 0 aliphatic carbocycles. The number of carbonyl (C=O) groups is 1. The van der Waals surface area contributed by atoms with E-state index < -0.39 is 0 Å². The Morgan fingerprint density at radius 2 is 1.77 bits per heavy atom. The molecule has 2 aliphatic rings. The molecule has 2 fully saturated rings. The van der Waals surface area contributed by atoms with Crippen molar-refractivity contribution in [2.75, 3.05) is 26.2 Å². The van der Waals surface area contributed by atoms with Crippen LogP contribution in [0.1, 0.15) is 57.6 Å². The molecule has 1 aromatic heterocycles. The molecule has 0 radical (unpaired) electrons. The molecule has 3 heterocycles. The van der Waals surface area contributed by atoms with Gasteiger partial charge in [0.1, 0.15) is 0 Å². The van der Waals surface area contributed by atoms with E-state index in [0.29, 0.717) is 18.0 Å². The Morgan fingerprint density at radius 3 is 2.53 bits per heavy atom. The van der Waals surface area contributed by atoms with E-state index in [1.54, 1.807) is 0 Å². The first kappa shape index (κ1) is 21.0. The Balaban J connectivity index is 1.56. The van der Waals surface area contributed by atoms with Crippen molar-refractivity contribution >= 4 is 16.7 Å². The number of amides is 1. The lowest BCUT2D eigenvalue weighted by Gasteiger charge is -2.39. The van der Waals surface area contributed by atoms with Gasteiger partial charge in [-0.2, -0.15) is 5.10 Å². The summed E-state index contributed by atoms with van der Waals surface area (Å²) in [7, 11) is 0. The lowest BCUT2D eigenvalue weighted by atomic mass is 9.99. The van der Waals surface area contributed by atoms with Gasteiger partial charge >= 0.3 is 0 Å². The molecule has 4 rings (SSSR count). The molecule has 30 heavy (non-hydrogen) atoms. The third kappa shape index (κ3) is 4.59. The first-order valence-electron chi connectivity index (χ1n) is 11.7. The summed E-state index contributed by atoms with van der Waals surface area (Å²) in [5.41, 5.74) is 0.663. The topological polar surface area (TPSA) is 58.4 Å². The van der Waals surface area contributed by atoms with Crippen LogP contribution in [0.25, 0.3) is 10.8 Å². The standard InChI is InChI=1S/C24H34N4O2/c1-2-13-28-24(30)21-12-5-4-11-20(21)22(25-28)17-23(29)27-16-9-6-10-19(27)18-26-14-7-3-8-15-26/h4-5,11-12,19H,2-3,6-10,13-18H2,1H3/t19-/m1/s1. The zero-order chi connectivity index (χ0) is 20.9. The fourth-order valence-corrected chi connectivity index (χ4v) is 5.00. The van der Waals surface area contributed by atoms with E-state index in [0.717, 1.165) is 56.5 Å². The summed E-state index contributed by atoms with van der Waals surface area (Å²) in [5, 5.41) is 6.08. The van der Waals surface area contributed by atoms with Gasteiger partial charge in [0.05, 0.1) is 17.5 Å². The van der Waals surface area contributed by atoms with E-state index >= 15 is 0 Å². The maximum absolute atomic E-state index is 13.4. The van der Waals surface area contributed by atoms with E-state index in [1.165, 1.54) is 30.4 Å². The molecule has 0 N–H and O–H groups in total. The van der Waals surface area contributed by atoms with Crippen LogP contribution >= 0.6 is 0 Å². The van der Waals surface area contributed by atoms with Crippen molar-refractivity contribution in [3.63, 3.8) is 0 Å². The van der Waals surface area contributed by atoms with Crippen molar-refractivity contribution in [2.24, 2.45) is 0 Å². The second-order valence-electron chi connectivity index (χ2n) is 8.80. The summed E-state index contributed by atoms with van der Waals surface area (Å²) in [6.45, 7) is 6.76.